The van der Waals surface area contributed by atoms with Gasteiger partial charge in [-0.2, -0.15) is 10.2 Å². The number of amides is 2. The maximum Gasteiger partial charge on any atom is 0.276 e. The number of nitrogens with one attached hydrogen (secondary N) is 2. The molecule has 0 aliphatic carbocycles. The van der Waals surface area contributed by atoms with E-state index in [1.165, 1.54) is 35.3 Å². The Morgan fingerprint density at radius 3 is 2.31 bits per heavy atom. The quantitative estimate of drug-likeness (QED) is 0.749. The molecule has 0 saturated heterocycles. The number of aryl methyl sites for hydroxylation is 2. The first-order chi connectivity index (χ1) is 12.4. The lowest BCUT2D eigenvalue weighted by Gasteiger charge is -2.09. The topological polar surface area (TPSA) is 93.8 Å². The summed E-state index contributed by atoms with van der Waals surface area (Å²) >= 11 is 0. The molecule has 2 heterocycles. The fraction of sp³-hybridized carbons (Fsp3) is 0.176. The van der Waals surface area contributed by atoms with E-state index < -0.39 is 17.6 Å². The summed E-state index contributed by atoms with van der Waals surface area (Å²) in [5.74, 6) is -1.51. The molecule has 9 heteroatoms. The summed E-state index contributed by atoms with van der Waals surface area (Å²) in [6, 6.07) is 5.28. The van der Waals surface area contributed by atoms with Crippen LogP contribution in [-0.2, 0) is 14.1 Å². The van der Waals surface area contributed by atoms with Gasteiger partial charge in [-0.3, -0.25) is 19.0 Å². The molecule has 0 saturated carbocycles. The van der Waals surface area contributed by atoms with Crippen LogP contribution < -0.4 is 10.6 Å². The zero-order valence-electron chi connectivity index (χ0n) is 14.4. The number of nitrogens with zero attached hydrogens (tertiary/aromatic N) is 4. The molecular formula is C17H17FN6O2. The van der Waals surface area contributed by atoms with Crippen LogP contribution >= 0.6 is 0 Å². The van der Waals surface area contributed by atoms with Crippen molar-refractivity contribution in [1.29, 1.82) is 0 Å². The number of carbonyl (C=O) groups excluding carboxylic acids is 2. The number of anilines is 2. The van der Waals surface area contributed by atoms with E-state index >= 15 is 0 Å². The van der Waals surface area contributed by atoms with Crippen molar-refractivity contribution in [3.63, 3.8) is 0 Å². The van der Waals surface area contributed by atoms with Crippen molar-refractivity contribution in [2.24, 2.45) is 14.1 Å². The van der Waals surface area contributed by atoms with Gasteiger partial charge in [-0.15, -0.1) is 0 Å². The maximum absolute atomic E-state index is 13.3. The van der Waals surface area contributed by atoms with Crippen LogP contribution in [0, 0.1) is 12.7 Å². The van der Waals surface area contributed by atoms with Crippen LogP contribution in [0.15, 0.2) is 36.7 Å². The summed E-state index contributed by atoms with van der Waals surface area (Å²) in [6.07, 6.45) is 2.90. The van der Waals surface area contributed by atoms with Gasteiger partial charge in [0, 0.05) is 19.7 Å². The van der Waals surface area contributed by atoms with Crippen LogP contribution in [0.1, 0.15) is 26.5 Å². The van der Waals surface area contributed by atoms with E-state index in [2.05, 4.69) is 20.8 Å². The predicted molar refractivity (Wildman–Crippen MR) is 93.5 cm³/mol. The maximum atomic E-state index is 13.3. The molecule has 134 valence electrons. The molecule has 0 aliphatic heterocycles. The highest BCUT2D eigenvalue weighted by molar-refractivity contribution is 6.11. The first-order valence-corrected chi connectivity index (χ1v) is 7.75. The number of benzene rings is 1. The minimum Gasteiger partial charge on any atom is -0.319 e. The van der Waals surface area contributed by atoms with Gasteiger partial charge in [0.15, 0.2) is 0 Å². The second-order valence-corrected chi connectivity index (χ2v) is 5.72. The van der Waals surface area contributed by atoms with E-state index in [0.29, 0.717) is 5.69 Å². The Morgan fingerprint density at radius 2 is 1.65 bits per heavy atom. The molecule has 0 spiro atoms. The molecule has 1 aromatic carbocycles. The van der Waals surface area contributed by atoms with Crippen LogP contribution in [0.2, 0.25) is 0 Å². The molecule has 0 radical (unpaired) electrons. The third kappa shape index (κ3) is 3.32. The highest BCUT2D eigenvalue weighted by Crippen LogP contribution is 2.19. The normalized spacial score (nSPS) is 10.6. The van der Waals surface area contributed by atoms with Gasteiger partial charge >= 0.3 is 0 Å². The van der Waals surface area contributed by atoms with Crippen molar-refractivity contribution in [2.45, 2.75) is 6.92 Å². The number of hydrogen-bond acceptors (Lipinski definition) is 4. The Kier molecular flexibility index (Phi) is 4.53. The zero-order valence-corrected chi connectivity index (χ0v) is 14.4. The van der Waals surface area contributed by atoms with Crippen molar-refractivity contribution in [3.05, 3.63) is 59.4 Å². The highest BCUT2D eigenvalue weighted by Gasteiger charge is 2.20. The lowest BCUT2D eigenvalue weighted by atomic mass is 10.2. The van der Waals surface area contributed by atoms with Gasteiger partial charge in [-0.1, -0.05) is 6.07 Å². The van der Waals surface area contributed by atoms with Crippen molar-refractivity contribution in [1.82, 2.24) is 19.6 Å². The van der Waals surface area contributed by atoms with Crippen molar-refractivity contribution in [2.75, 3.05) is 10.6 Å². The highest BCUT2D eigenvalue weighted by atomic mass is 19.1. The van der Waals surface area contributed by atoms with Gasteiger partial charge in [0.2, 0.25) is 0 Å². The van der Waals surface area contributed by atoms with Crippen molar-refractivity contribution >= 4 is 23.2 Å². The summed E-state index contributed by atoms with van der Waals surface area (Å²) in [7, 11) is 3.35. The molecule has 8 nitrogen and oxygen atoms in total. The van der Waals surface area contributed by atoms with Crippen LogP contribution in [-0.4, -0.2) is 31.4 Å². The van der Waals surface area contributed by atoms with E-state index in [9.17, 15) is 14.0 Å². The van der Waals surface area contributed by atoms with Crippen LogP contribution in [0.3, 0.4) is 0 Å². The average Bonchev–Trinajstić information content (AvgIpc) is 3.11. The van der Waals surface area contributed by atoms with E-state index in [0.717, 1.165) is 11.8 Å². The Balaban J connectivity index is 1.83. The third-order valence-electron chi connectivity index (χ3n) is 3.97. The molecule has 2 N–H and O–H groups in total. The Bertz CT molecular complexity index is 991. The molecule has 2 amide bonds. The largest absolute Gasteiger partial charge is 0.319 e. The molecule has 0 atom stereocenters. The SMILES string of the molecule is Cc1c(NC(=O)c2c(NC(=O)c3cccc(F)c3)cnn2C)cnn1C. The third-order valence-corrected chi connectivity index (χ3v) is 3.97. The van der Waals surface area contributed by atoms with Crippen LogP contribution in [0.4, 0.5) is 15.8 Å². The Labute approximate surface area is 148 Å². The number of halogens is 1. The zero-order chi connectivity index (χ0) is 18.8. The van der Waals surface area contributed by atoms with Gasteiger partial charge in [0.1, 0.15) is 11.5 Å². The van der Waals surface area contributed by atoms with Gasteiger partial charge in [-0.25, -0.2) is 4.39 Å². The van der Waals surface area contributed by atoms with E-state index in [1.807, 2.05) is 6.92 Å². The van der Waals surface area contributed by atoms with Gasteiger partial charge in [-0.05, 0) is 25.1 Å². The number of aromatic nitrogens is 4. The summed E-state index contributed by atoms with van der Waals surface area (Å²) in [6.45, 7) is 1.82. The lowest BCUT2D eigenvalue weighted by Crippen LogP contribution is -2.20. The molecule has 0 fully saturated rings. The van der Waals surface area contributed by atoms with Crippen LogP contribution in [0.25, 0.3) is 0 Å². The number of hydrogen-bond donors (Lipinski definition) is 2. The number of rotatable bonds is 4. The molecular weight excluding hydrogens is 339 g/mol. The molecule has 0 aliphatic rings. The molecule has 3 aromatic rings. The molecule has 3 rings (SSSR count). The summed E-state index contributed by atoms with van der Waals surface area (Å²) < 4.78 is 16.3. The molecule has 26 heavy (non-hydrogen) atoms. The second kappa shape index (κ2) is 6.79. The van der Waals surface area contributed by atoms with Gasteiger partial charge < -0.3 is 10.6 Å². The molecule has 2 aromatic heterocycles. The lowest BCUT2D eigenvalue weighted by molar-refractivity contribution is 0.101. The Hall–Kier alpha value is -3.49. The van der Waals surface area contributed by atoms with E-state index in [4.69, 9.17) is 0 Å². The minimum absolute atomic E-state index is 0.142. The van der Waals surface area contributed by atoms with Gasteiger partial charge in [0.05, 0.1) is 29.5 Å². The van der Waals surface area contributed by atoms with Crippen molar-refractivity contribution in [3.8, 4) is 0 Å². The first kappa shape index (κ1) is 17.3. The average molecular weight is 356 g/mol. The van der Waals surface area contributed by atoms with Crippen LogP contribution in [0.5, 0.6) is 0 Å². The molecule has 0 bridgehead atoms. The second-order valence-electron chi connectivity index (χ2n) is 5.72. The summed E-state index contributed by atoms with van der Waals surface area (Å²) in [4.78, 5) is 24.9. The van der Waals surface area contributed by atoms with E-state index in [-0.39, 0.29) is 16.9 Å². The van der Waals surface area contributed by atoms with Crippen molar-refractivity contribution < 1.29 is 14.0 Å². The van der Waals surface area contributed by atoms with E-state index in [1.54, 1.807) is 18.8 Å². The first-order valence-electron chi connectivity index (χ1n) is 7.75. The fourth-order valence-electron chi connectivity index (χ4n) is 2.43. The summed E-state index contributed by atoms with van der Waals surface area (Å²) in [5.41, 5.74) is 1.87. The Morgan fingerprint density at radius 1 is 1.00 bits per heavy atom. The minimum atomic E-state index is -0.538. The monoisotopic (exact) mass is 356 g/mol. The number of carbonyl (C=O) groups is 2. The standard InChI is InChI=1S/C17H17FN6O2/c1-10-13(8-19-23(10)2)21-17(26)15-14(9-20-24(15)3)22-16(25)11-5-4-6-12(18)7-11/h4-9H,1-3H3,(H,21,26)(H,22,25). The molecule has 0 unspecified atom stereocenters. The fourth-order valence-corrected chi connectivity index (χ4v) is 2.43. The van der Waals surface area contributed by atoms with Gasteiger partial charge in [0.25, 0.3) is 11.8 Å². The summed E-state index contributed by atoms with van der Waals surface area (Å²) in [5, 5.41) is 13.4. The smallest absolute Gasteiger partial charge is 0.276 e. The predicted octanol–water partition coefficient (Wildman–Crippen LogP) is 2.11.